The second-order valence-corrected chi connectivity index (χ2v) is 5.36. The van der Waals surface area contributed by atoms with E-state index in [1.54, 1.807) is 12.1 Å². The molecule has 2 aromatic rings. The first-order valence-electron chi connectivity index (χ1n) is 6.36. The average molecular weight is 326 g/mol. The van der Waals surface area contributed by atoms with Gasteiger partial charge in [-0.15, -0.1) is 0 Å². The van der Waals surface area contributed by atoms with Crippen LogP contribution in [0, 0.1) is 12.7 Å². The number of halogens is 2. The van der Waals surface area contributed by atoms with Crippen LogP contribution in [0.25, 0.3) is 0 Å². The van der Waals surface area contributed by atoms with Crippen molar-refractivity contribution in [3.8, 4) is 0 Å². The topological polar surface area (TPSA) is 25.2 Å². The molecular formula is C15H17BrFNO. The highest BCUT2D eigenvalue weighted by Crippen LogP contribution is 2.27. The molecule has 0 aliphatic heterocycles. The smallest absolute Gasteiger partial charge is 0.137 e. The van der Waals surface area contributed by atoms with Crippen LogP contribution in [0.5, 0.6) is 0 Å². The summed E-state index contributed by atoms with van der Waals surface area (Å²) in [6.07, 6.45) is 1.03. The lowest BCUT2D eigenvalue weighted by atomic mass is 10.0. The normalized spacial score (nSPS) is 12.6. The van der Waals surface area contributed by atoms with E-state index in [1.165, 1.54) is 6.07 Å². The number of hydrogen-bond acceptors (Lipinski definition) is 2. The van der Waals surface area contributed by atoms with Crippen LogP contribution in [0.2, 0.25) is 0 Å². The molecule has 0 spiro atoms. The van der Waals surface area contributed by atoms with E-state index < -0.39 is 0 Å². The second-order valence-electron chi connectivity index (χ2n) is 4.51. The summed E-state index contributed by atoms with van der Waals surface area (Å²) >= 11 is 3.23. The molecule has 1 N–H and O–H groups in total. The predicted molar refractivity (Wildman–Crippen MR) is 77.7 cm³/mol. The molecule has 1 unspecified atom stereocenters. The van der Waals surface area contributed by atoms with E-state index >= 15 is 0 Å². The third-order valence-corrected chi connectivity index (χ3v) is 3.53. The third-order valence-electron chi connectivity index (χ3n) is 2.92. The van der Waals surface area contributed by atoms with Gasteiger partial charge in [-0.25, -0.2) is 4.39 Å². The lowest BCUT2D eigenvalue weighted by molar-refractivity contribution is 0.430. The van der Waals surface area contributed by atoms with Gasteiger partial charge >= 0.3 is 0 Å². The van der Waals surface area contributed by atoms with Gasteiger partial charge < -0.3 is 9.73 Å². The molecule has 19 heavy (non-hydrogen) atoms. The van der Waals surface area contributed by atoms with Crippen LogP contribution in [0.4, 0.5) is 4.39 Å². The van der Waals surface area contributed by atoms with Gasteiger partial charge in [0.1, 0.15) is 17.3 Å². The fraction of sp³-hybridized carbons (Fsp3) is 0.333. The van der Waals surface area contributed by atoms with Crippen LogP contribution in [-0.2, 0) is 0 Å². The van der Waals surface area contributed by atoms with Gasteiger partial charge in [-0.3, -0.25) is 0 Å². The van der Waals surface area contributed by atoms with Crippen molar-refractivity contribution in [3.05, 3.63) is 57.7 Å². The maximum absolute atomic E-state index is 13.3. The molecule has 1 heterocycles. The van der Waals surface area contributed by atoms with Crippen LogP contribution >= 0.6 is 15.9 Å². The molecule has 0 aliphatic carbocycles. The Morgan fingerprint density at radius 1 is 1.32 bits per heavy atom. The summed E-state index contributed by atoms with van der Waals surface area (Å²) < 4.78 is 19.5. The van der Waals surface area contributed by atoms with Crippen molar-refractivity contribution < 1.29 is 8.81 Å². The Bertz CT molecular complexity index is 553. The zero-order valence-corrected chi connectivity index (χ0v) is 12.6. The molecule has 0 aliphatic rings. The summed E-state index contributed by atoms with van der Waals surface area (Å²) in [6.45, 7) is 4.90. The minimum absolute atomic E-state index is 0.0504. The molecule has 0 saturated heterocycles. The van der Waals surface area contributed by atoms with Crippen molar-refractivity contribution in [2.24, 2.45) is 0 Å². The van der Waals surface area contributed by atoms with E-state index in [1.807, 2.05) is 19.1 Å². The van der Waals surface area contributed by atoms with E-state index in [4.69, 9.17) is 4.42 Å². The van der Waals surface area contributed by atoms with Gasteiger partial charge in [-0.2, -0.15) is 0 Å². The van der Waals surface area contributed by atoms with Crippen molar-refractivity contribution in [2.45, 2.75) is 26.3 Å². The fourth-order valence-corrected chi connectivity index (χ4v) is 2.37. The Morgan fingerprint density at radius 3 is 2.68 bits per heavy atom. The van der Waals surface area contributed by atoms with Crippen molar-refractivity contribution in [1.29, 1.82) is 0 Å². The maximum Gasteiger partial charge on any atom is 0.137 e. The summed E-state index contributed by atoms with van der Waals surface area (Å²) in [5.41, 5.74) is 0.982. The molecule has 2 rings (SSSR count). The van der Waals surface area contributed by atoms with Crippen LogP contribution in [0.15, 0.2) is 39.2 Å². The molecule has 0 saturated carbocycles. The molecule has 0 amide bonds. The molecule has 0 radical (unpaired) electrons. The Kier molecular flexibility index (Phi) is 4.77. The zero-order chi connectivity index (χ0) is 13.8. The summed E-state index contributed by atoms with van der Waals surface area (Å²) in [7, 11) is 0. The Labute approximate surface area is 121 Å². The van der Waals surface area contributed by atoms with E-state index in [2.05, 4.69) is 28.2 Å². The van der Waals surface area contributed by atoms with Crippen molar-refractivity contribution in [2.75, 3.05) is 6.54 Å². The Morgan fingerprint density at radius 2 is 2.11 bits per heavy atom. The molecule has 102 valence electrons. The monoisotopic (exact) mass is 325 g/mol. The maximum atomic E-state index is 13.3. The Balaban J connectivity index is 2.33. The molecule has 1 atom stereocenters. The Hall–Kier alpha value is -1.13. The number of nitrogens with one attached hydrogen (secondary N) is 1. The standard InChI is InChI=1S/C15H17BrFNO/c1-3-8-18-15(14-7-4-10(2)19-14)11-5-6-13(17)12(16)9-11/h4-7,9,15,18H,3,8H2,1-2H3. The number of hydrogen-bond donors (Lipinski definition) is 1. The molecule has 1 aromatic heterocycles. The molecular weight excluding hydrogens is 309 g/mol. The van der Waals surface area contributed by atoms with E-state index in [0.717, 1.165) is 30.0 Å². The largest absolute Gasteiger partial charge is 0.464 e. The SMILES string of the molecule is CCCNC(c1ccc(F)c(Br)c1)c1ccc(C)o1. The van der Waals surface area contributed by atoms with Crippen LogP contribution in [0.1, 0.15) is 36.5 Å². The number of rotatable bonds is 5. The minimum atomic E-state index is -0.256. The minimum Gasteiger partial charge on any atom is -0.464 e. The fourth-order valence-electron chi connectivity index (χ4n) is 1.97. The van der Waals surface area contributed by atoms with Gasteiger partial charge in [0.25, 0.3) is 0 Å². The number of furan rings is 1. The summed E-state index contributed by atoms with van der Waals surface area (Å²) in [6, 6.07) is 8.89. The van der Waals surface area contributed by atoms with Gasteiger partial charge in [-0.1, -0.05) is 13.0 Å². The van der Waals surface area contributed by atoms with Gasteiger partial charge in [0, 0.05) is 0 Å². The van der Waals surface area contributed by atoms with Crippen LogP contribution in [-0.4, -0.2) is 6.54 Å². The number of aryl methyl sites for hydroxylation is 1. The highest BCUT2D eigenvalue weighted by Gasteiger charge is 2.17. The van der Waals surface area contributed by atoms with Crippen molar-refractivity contribution >= 4 is 15.9 Å². The van der Waals surface area contributed by atoms with Crippen molar-refractivity contribution in [3.63, 3.8) is 0 Å². The molecule has 2 nitrogen and oxygen atoms in total. The average Bonchev–Trinajstić information content (AvgIpc) is 2.80. The predicted octanol–water partition coefficient (Wildman–Crippen LogP) is 4.58. The quantitative estimate of drug-likeness (QED) is 0.870. The first kappa shape index (κ1) is 14.3. The van der Waals surface area contributed by atoms with E-state index in [-0.39, 0.29) is 11.9 Å². The highest BCUT2D eigenvalue weighted by molar-refractivity contribution is 9.10. The van der Waals surface area contributed by atoms with E-state index in [0.29, 0.717) is 4.47 Å². The summed E-state index contributed by atoms with van der Waals surface area (Å²) in [5, 5.41) is 3.42. The summed E-state index contributed by atoms with van der Waals surface area (Å²) in [4.78, 5) is 0. The highest BCUT2D eigenvalue weighted by atomic mass is 79.9. The lowest BCUT2D eigenvalue weighted by Crippen LogP contribution is -2.22. The third kappa shape index (κ3) is 3.45. The first-order valence-corrected chi connectivity index (χ1v) is 7.15. The molecule has 1 aromatic carbocycles. The number of benzene rings is 1. The first-order chi connectivity index (χ1) is 9.11. The van der Waals surface area contributed by atoms with E-state index in [9.17, 15) is 4.39 Å². The lowest BCUT2D eigenvalue weighted by Gasteiger charge is -2.17. The molecule has 0 fully saturated rings. The van der Waals surface area contributed by atoms with Crippen molar-refractivity contribution in [1.82, 2.24) is 5.32 Å². The van der Waals surface area contributed by atoms with Crippen LogP contribution in [0.3, 0.4) is 0 Å². The van der Waals surface area contributed by atoms with Gasteiger partial charge in [0.2, 0.25) is 0 Å². The van der Waals surface area contributed by atoms with Gasteiger partial charge in [0.05, 0.1) is 10.5 Å². The second kappa shape index (κ2) is 6.35. The van der Waals surface area contributed by atoms with Crippen LogP contribution < -0.4 is 5.32 Å². The van der Waals surface area contributed by atoms with Gasteiger partial charge in [0.15, 0.2) is 0 Å². The van der Waals surface area contributed by atoms with Gasteiger partial charge in [-0.05, 0) is 65.6 Å². The molecule has 0 bridgehead atoms. The molecule has 4 heteroatoms. The zero-order valence-electron chi connectivity index (χ0n) is 11.0. The summed E-state index contributed by atoms with van der Waals surface area (Å²) in [5.74, 6) is 1.47.